The van der Waals surface area contributed by atoms with Crippen molar-refractivity contribution in [1.29, 1.82) is 0 Å². The van der Waals surface area contributed by atoms with E-state index in [2.05, 4.69) is 19.4 Å². The number of sulfone groups is 1. The van der Waals surface area contributed by atoms with E-state index in [9.17, 15) is 42.0 Å². The monoisotopic (exact) mass is 1640 g/mol. The maximum atomic E-state index is 13.5. The van der Waals surface area contributed by atoms with E-state index in [1.54, 1.807) is 114 Å². The van der Waals surface area contributed by atoms with Crippen LogP contribution in [0, 0.1) is 54.0 Å². The van der Waals surface area contributed by atoms with E-state index < -0.39 is 32.0 Å². The van der Waals surface area contributed by atoms with Gasteiger partial charge in [0.2, 0.25) is 5.91 Å². The van der Waals surface area contributed by atoms with Crippen molar-refractivity contribution in [2.75, 3.05) is 45.5 Å². The lowest BCUT2D eigenvalue weighted by molar-refractivity contribution is -0.124. The first kappa shape index (κ1) is 84.8. The van der Waals surface area contributed by atoms with E-state index in [1.165, 1.54) is 16.1 Å². The summed E-state index contributed by atoms with van der Waals surface area (Å²) in [6.45, 7) is 47.0. The van der Waals surface area contributed by atoms with E-state index in [0.717, 1.165) is 94.5 Å². The molecule has 8 aromatic rings. The van der Waals surface area contributed by atoms with Gasteiger partial charge in [-0.2, -0.15) is 0 Å². The molecule has 116 heavy (non-hydrogen) atoms. The van der Waals surface area contributed by atoms with E-state index in [0.29, 0.717) is 96.5 Å². The fraction of sp³-hybridized carbons (Fsp3) is 0.292. The van der Waals surface area contributed by atoms with Crippen LogP contribution in [-0.4, -0.2) is 98.4 Å². The summed E-state index contributed by atoms with van der Waals surface area (Å²) in [6.07, 6.45) is 7.65. The number of aryl methyl sites for hydroxylation is 4. The van der Waals surface area contributed by atoms with Crippen LogP contribution in [0.5, 0.6) is 0 Å². The number of hydrogen-bond donors (Lipinski definition) is 1. The lowest BCUT2D eigenvalue weighted by Crippen LogP contribution is -2.55. The number of rotatable bonds is 17. The number of nitrogens with zero attached hydrogens (tertiary/aromatic N) is 12. The number of carbonyl (C=O) groups is 7. The van der Waals surface area contributed by atoms with Crippen LogP contribution >= 0.6 is 48.9 Å². The molecule has 0 radical (unpaired) electrons. The van der Waals surface area contributed by atoms with E-state index in [4.69, 9.17) is 80.9 Å². The number of nitrogens with two attached hydrogens (primary N) is 1. The fourth-order valence-electron chi connectivity index (χ4n) is 15.1. The number of ketones is 2. The summed E-state index contributed by atoms with van der Waals surface area (Å²) in [4.78, 5) is 115. The molecule has 8 aromatic carbocycles. The molecule has 0 atom stereocenters. The molecule has 6 aliphatic rings. The first-order valence-electron chi connectivity index (χ1n) is 37.4. The zero-order valence-electron chi connectivity index (χ0n) is 66.1. The molecule has 0 unspecified atom stereocenters. The highest BCUT2D eigenvalue weighted by atomic mass is 32.2. The van der Waals surface area contributed by atoms with Gasteiger partial charge in [-0.3, -0.25) is 53.2 Å². The Kier molecular flexibility index (Phi) is 24.7. The van der Waals surface area contributed by atoms with Gasteiger partial charge >= 0.3 is 0 Å². The van der Waals surface area contributed by atoms with Crippen LogP contribution in [0.3, 0.4) is 0 Å². The van der Waals surface area contributed by atoms with Crippen LogP contribution in [0.1, 0.15) is 131 Å². The zero-order valence-corrected chi connectivity index (χ0v) is 70.2. The molecule has 22 nitrogen and oxygen atoms in total. The second-order valence-corrected chi connectivity index (χ2v) is 34.2. The van der Waals surface area contributed by atoms with Crippen molar-refractivity contribution in [3.05, 3.63) is 260 Å². The predicted molar refractivity (Wildman–Crippen MR) is 472 cm³/mol. The Morgan fingerprint density at radius 2 is 0.664 bits per heavy atom. The largest absolute Gasteiger partial charge is 0.369 e. The molecule has 4 heterocycles. The molecule has 6 fully saturated rings. The number of thiocarbonyl (C=S) groups is 4. The standard InChI is InChI=1S/C24H23N3O2S.C22H20N4O2S.C22H21N3O2S.C21H21N3O3S2/c1-4-20(28)15-17-6-8-18(9-7-17)27-23(30)26(22(29)24(27)12-5-13-24)19-10-11-21(25-3)16(2)14-19;1-14-12-17(8-9-18(14)24-2)25-20(28)22(10-3-11-22)26(21(25)29)16-6-4-15(5-7-16)13-19(23)27;1-14-12-18(10-11-19(14)23-5)24-20(27)22(3,4)25(21(24)28)17-8-6-16(7-9-17)13-15(2)26;1-14-12-17(10-11-18(14)22-4)23-19(25)21(2,3)24(20(23)28)16-8-6-15(7-9-16)13-29(5,26)27/h6-11,14H,4-5,12-13,15H2,1-2H3;4-9,12H,3,10-11,13H2,1H3,(H2,23,27);6-12H,13H2,1-4H3;6-12H,13H2,1-3,5H3. The molecule has 14 rings (SSSR count). The second-order valence-electron chi connectivity index (χ2n) is 30.6. The van der Waals surface area contributed by atoms with Gasteiger partial charge in [0.15, 0.2) is 53.0 Å². The minimum absolute atomic E-state index is 0.000973. The average Bonchev–Trinajstić information content (AvgIpc) is 1.56. The number of benzene rings is 8. The first-order chi connectivity index (χ1) is 54.9. The van der Waals surface area contributed by atoms with Crippen LogP contribution in [0.15, 0.2) is 170 Å². The number of hydrogen-bond acceptors (Lipinski definition) is 13. The molecule has 0 bridgehead atoms. The number of Topliss-reactive ketones (excluding diaryl/α,β-unsaturated/α-hetero) is 2. The Balaban J connectivity index is 0.000000152. The van der Waals surface area contributed by atoms with Crippen LogP contribution in [0.25, 0.3) is 19.4 Å². The highest BCUT2D eigenvalue weighted by molar-refractivity contribution is 7.89. The summed E-state index contributed by atoms with van der Waals surface area (Å²) < 4.78 is 23.0. The maximum Gasteiger partial charge on any atom is 0.259 e. The highest BCUT2D eigenvalue weighted by Gasteiger charge is 2.61. The van der Waals surface area contributed by atoms with Gasteiger partial charge in [-0.15, -0.1) is 0 Å². The fourth-order valence-corrected chi connectivity index (χ4v) is 17.9. The summed E-state index contributed by atoms with van der Waals surface area (Å²) in [6, 6.07) is 51.0. The molecule has 2 spiro atoms. The normalized spacial score (nSPS) is 16.6. The molecule has 2 aliphatic carbocycles. The Labute approximate surface area is 698 Å². The molecule has 5 amide bonds. The zero-order chi connectivity index (χ0) is 84.4. The van der Waals surface area contributed by atoms with Crippen LogP contribution < -0.4 is 44.9 Å². The van der Waals surface area contributed by atoms with Crippen molar-refractivity contribution in [1.82, 2.24) is 0 Å². The summed E-state index contributed by atoms with van der Waals surface area (Å²) >= 11 is 22.9. The van der Waals surface area contributed by atoms with Gasteiger partial charge in [0, 0.05) is 71.0 Å². The first-order valence-corrected chi connectivity index (χ1v) is 41.1. The van der Waals surface area contributed by atoms with E-state index in [-0.39, 0.29) is 53.3 Å². The average molecular weight is 1640 g/mol. The quantitative estimate of drug-likeness (QED) is 0.0661. The SMILES string of the molecule is [C-]#[N+]c1ccc(N2C(=O)C(C)(C)N(c3ccc(CC(C)=O)cc3)C2=S)cc1C.[C-]#[N+]c1ccc(N2C(=O)C(C)(C)N(c3ccc(CS(C)(=O)=O)cc3)C2=S)cc1C.[C-]#[N+]c1ccc(N2C(=O)C3(CCC3)N(c3ccc(CC(=O)CC)cc3)C2=S)cc1C.[C-]#[N+]c1ccc(N2C(=O)C3(CCC3)N(c3ccc(CC(N)=O)cc3)C2=S)cc1C. The molecular weight excluding hydrogens is 1560 g/mol. The Morgan fingerprint density at radius 3 is 0.914 bits per heavy atom. The molecule has 27 heteroatoms. The van der Waals surface area contributed by atoms with Crippen molar-refractivity contribution in [2.45, 2.75) is 161 Å². The number of carbonyl (C=O) groups excluding carboxylic acids is 7. The Hall–Kier alpha value is -12.1. The van der Waals surface area contributed by atoms with Crippen molar-refractivity contribution in [2.24, 2.45) is 5.73 Å². The third-order valence-electron chi connectivity index (χ3n) is 21.6. The van der Waals surface area contributed by atoms with Gasteiger partial charge < -0.3 is 25.3 Å². The molecular formula is C89H85N13O9S5. The van der Waals surface area contributed by atoms with E-state index >= 15 is 0 Å². The maximum absolute atomic E-state index is 13.5. The topological polar surface area (TPSA) is 223 Å². The van der Waals surface area contributed by atoms with Gasteiger partial charge in [-0.05, 0) is 291 Å². The predicted octanol–water partition coefficient (Wildman–Crippen LogP) is 17.4. The molecule has 590 valence electrons. The summed E-state index contributed by atoms with van der Waals surface area (Å²) in [5.41, 5.74) is 16.9. The van der Waals surface area contributed by atoms with Crippen LogP contribution in [0.4, 0.5) is 68.2 Å². The minimum Gasteiger partial charge on any atom is -0.369 e. The van der Waals surface area contributed by atoms with Gasteiger partial charge in [-0.1, -0.05) is 79.7 Å². The van der Waals surface area contributed by atoms with Crippen LogP contribution in [-0.2, 0) is 68.4 Å². The smallest absolute Gasteiger partial charge is 0.259 e. The van der Waals surface area contributed by atoms with Crippen LogP contribution in [0.2, 0.25) is 0 Å². The van der Waals surface area contributed by atoms with Gasteiger partial charge in [0.25, 0.3) is 23.6 Å². The number of anilines is 8. The third kappa shape index (κ3) is 16.5. The van der Waals surface area contributed by atoms with Crippen molar-refractivity contribution in [3.8, 4) is 0 Å². The van der Waals surface area contributed by atoms with Crippen molar-refractivity contribution >= 4 is 189 Å². The molecule has 4 saturated heterocycles. The van der Waals surface area contributed by atoms with Crippen molar-refractivity contribution < 1.29 is 42.0 Å². The number of primary amides is 1. The lowest BCUT2D eigenvalue weighted by atomic mass is 9.75. The van der Waals surface area contributed by atoms with Gasteiger partial charge in [-0.25, -0.2) is 27.8 Å². The third-order valence-corrected chi connectivity index (χ3v) is 23.9. The highest BCUT2D eigenvalue weighted by Crippen LogP contribution is 2.51. The second kappa shape index (κ2) is 33.8. The van der Waals surface area contributed by atoms with E-state index in [1.807, 2.05) is 154 Å². The summed E-state index contributed by atoms with van der Waals surface area (Å²) in [5, 5.41) is 1.63. The molecule has 2 saturated carbocycles. The summed E-state index contributed by atoms with van der Waals surface area (Å²) in [5.74, 6) is -0.441. The molecule has 2 N–H and O–H groups in total. The lowest BCUT2D eigenvalue weighted by Gasteiger charge is -2.43. The Morgan fingerprint density at radius 1 is 0.405 bits per heavy atom. The van der Waals surface area contributed by atoms with Crippen molar-refractivity contribution in [3.63, 3.8) is 0 Å². The molecule has 0 aromatic heterocycles. The summed E-state index contributed by atoms with van der Waals surface area (Å²) in [7, 11) is -3.13. The van der Waals surface area contributed by atoms with Gasteiger partial charge in [0.1, 0.15) is 33.7 Å². The number of amides is 5. The minimum atomic E-state index is -3.13. The molecule has 4 aliphatic heterocycles. The Bertz CT molecular complexity index is 5710. The van der Waals surface area contributed by atoms with Gasteiger partial charge in [0.05, 0.1) is 38.5 Å².